The van der Waals surface area contributed by atoms with Gasteiger partial charge < -0.3 is 5.32 Å². The van der Waals surface area contributed by atoms with E-state index in [4.69, 9.17) is 10.1 Å². The molecule has 0 aliphatic heterocycles. The van der Waals surface area contributed by atoms with Crippen molar-refractivity contribution in [2.45, 2.75) is 6.54 Å². The maximum absolute atomic E-state index is 11.5. The minimum absolute atomic E-state index is 0.323. The maximum Gasteiger partial charge on any atom is 0.296 e. The lowest BCUT2D eigenvalue weighted by atomic mass is 10.1. The van der Waals surface area contributed by atoms with Crippen LogP contribution in [0.25, 0.3) is 28.0 Å². The van der Waals surface area contributed by atoms with Crippen LogP contribution in [0.5, 0.6) is 0 Å². The van der Waals surface area contributed by atoms with Crippen molar-refractivity contribution < 1.29 is 8.42 Å². The molecule has 5 aromatic rings. The van der Waals surface area contributed by atoms with Crippen LogP contribution in [0.4, 0.5) is 11.5 Å². The fourth-order valence-corrected chi connectivity index (χ4v) is 4.14. The summed E-state index contributed by atoms with van der Waals surface area (Å²) >= 11 is 0. The molecule has 0 aliphatic rings. The molecule has 3 heterocycles. The van der Waals surface area contributed by atoms with Gasteiger partial charge in [0.2, 0.25) is 0 Å². The van der Waals surface area contributed by atoms with Gasteiger partial charge >= 0.3 is 0 Å². The van der Waals surface area contributed by atoms with E-state index in [1.54, 1.807) is 35.0 Å². The molecule has 0 bridgehead atoms. The Morgan fingerprint density at radius 3 is 2.47 bits per heavy atom. The summed E-state index contributed by atoms with van der Waals surface area (Å²) in [5.74, 6) is 1.05. The van der Waals surface area contributed by atoms with Crippen LogP contribution in [0.15, 0.2) is 91.3 Å². The molecule has 0 saturated carbocycles. The normalized spacial score (nSPS) is 11.4. The smallest absolute Gasteiger partial charge is 0.296 e. The summed E-state index contributed by atoms with van der Waals surface area (Å²) in [5, 5.41) is 13.2. The first-order chi connectivity index (χ1) is 16.5. The van der Waals surface area contributed by atoms with Crippen molar-refractivity contribution >= 4 is 27.2 Å². The lowest BCUT2D eigenvalue weighted by Gasteiger charge is -2.12. The third kappa shape index (κ3) is 4.72. The molecule has 170 valence electrons. The molecule has 0 saturated heterocycles. The van der Waals surface area contributed by atoms with E-state index in [9.17, 15) is 8.42 Å². The fourth-order valence-electron chi connectivity index (χ4n) is 3.68. The van der Waals surface area contributed by atoms with E-state index in [1.807, 2.05) is 60.8 Å². The average molecular weight is 472 g/mol. The number of nitrogens with two attached hydrogens (primary N) is 1. The predicted molar refractivity (Wildman–Crippen MR) is 132 cm³/mol. The van der Waals surface area contributed by atoms with Gasteiger partial charge in [-0.25, -0.2) is 14.6 Å². The van der Waals surface area contributed by atoms with E-state index in [-0.39, 0.29) is 0 Å². The van der Waals surface area contributed by atoms with E-state index in [0.29, 0.717) is 29.4 Å². The van der Waals surface area contributed by atoms with Crippen LogP contribution in [0.3, 0.4) is 0 Å². The van der Waals surface area contributed by atoms with Crippen molar-refractivity contribution in [1.82, 2.24) is 19.6 Å². The van der Waals surface area contributed by atoms with Crippen molar-refractivity contribution in [3.05, 3.63) is 97.0 Å². The fraction of sp³-hybridized carbons (Fsp3) is 0.0417. The van der Waals surface area contributed by atoms with Crippen LogP contribution in [0.2, 0.25) is 0 Å². The van der Waals surface area contributed by atoms with Gasteiger partial charge in [0, 0.05) is 23.5 Å². The molecular formula is C24H21N7O2S. The Morgan fingerprint density at radius 1 is 0.912 bits per heavy atom. The van der Waals surface area contributed by atoms with Crippen molar-refractivity contribution in [2.75, 3.05) is 10.0 Å². The molecule has 0 spiro atoms. The van der Waals surface area contributed by atoms with Crippen LogP contribution in [-0.2, 0) is 16.8 Å². The SMILES string of the molecule is NS(=O)(=O)Nc1cccc(-c2nc(NCc3ccccn3)c3c(-c4ccccc4)ccn3n2)c1. The van der Waals surface area contributed by atoms with Crippen LogP contribution < -0.4 is 15.2 Å². The lowest BCUT2D eigenvalue weighted by molar-refractivity contribution is 0.603. The van der Waals surface area contributed by atoms with Crippen molar-refractivity contribution in [3.8, 4) is 22.5 Å². The Labute approximate surface area is 196 Å². The number of nitrogens with one attached hydrogen (secondary N) is 2. The van der Waals surface area contributed by atoms with Gasteiger partial charge in [0.05, 0.1) is 17.9 Å². The lowest BCUT2D eigenvalue weighted by Crippen LogP contribution is -2.21. The van der Waals surface area contributed by atoms with E-state index in [2.05, 4.69) is 20.1 Å². The number of fused-ring (bicyclic) bond motifs is 1. The van der Waals surface area contributed by atoms with E-state index in [1.165, 1.54) is 0 Å². The summed E-state index contributed by atoms with van der Waals surface area (Å²) < 4.78 is 26.9. The summed E-state index contributed by atoms with van der Waals surface area (Å²) in [7, 11) is -3.90. The largest absolute Gasteiger partial charge is 0.363 e. The first-order valence-electron chi connectivity index (χ1n) is 10.5. The molecule has 5 rings (SSSR count). The summed E-state index contributed by atoms with van der Waals surface area (Å²) in [5.41, 5.74) is 4.68. The highest BCUT2D eigenvalue weighted by atomic mass is 32.2. The van der Waals surface area contributed by atoms with Gasteiger partial charge in [0.25, 0.3) is 10.2 Å². The predicted octanol–water partition coefficient (Wildman–Crippen LogP) is 3.69. The molecule has 0 aliphatic carbocycles. The third-order valence-electron chi connectivity index (χ3n) is 5.14. The Morgan fingerprint density at radius 2 is 1.71 bits per heavy atom. The summed E-state index contributed by atoms with van der Waals surface area (Å²) in [6.45, 7) is 0.472. The highest BCUT2D eigenvalue weighted by Gasteiger charge is 2.16. The van der Waals surface area contributed by atoms with Crippen molar-refractivity contribution in [2.24, 2.45) is 5.14 Å². The zero-order valence-electron chi connectivity index (χ0n) is 18.0. The minimum Gasteiger partial charge on any atom is -0.363 e. The number of nitrogens with zero attached hydrogens (tertiary/aromatic N) is 4. The number of benzene rings is 2. The Hall–Kier alpha value is -4.28. The maximum atomic E-state index is 11.5. The molecule has 34 heavy (non-hydrogen) atoms. The summed E-state index contributed by atoms with van der Waals surface area (Å²) in [6, 6.07) is 24.5. The molecule has 2 aromatic carbocycles. The summed E-state index contributed by atoms with van der Waals surface area (Å²) in [6.07, 6.45) is 3.62. The van der Waals surface area contributed by atoms with Gasteiger partial charge in [-0.1, -0.05) is 48.5 Å². The van der Waals surface area contributed by atoms with Gasteiger partial charge in [0.1, 0.15) is 5.52 Å². The molecule has 0 radical (unpaired) electrons. The zero-order valence-corrected chi connectivity index (χ0v) is 18.8. The number of rotatable bonds is 7. The molecule has 0 unspecified atom stereocenters. The monoisotopic (exact) mass is 471 g/mol. The Kier molecular flexibility index (Phi) is 5.66. The van der Waals surface area contributed by atoms with E-state index in [0.717, 1.165) is 22.3 Å². The summed E-state index contributed by atoms with van der Waals surface area (Å²) in [4.78, 5) is 9.18. The standard InChI is InChI=1S/C24H21N7O2S/c25-34(32,33)30-19-11-6-9-18(15-19)23-28-24(27-16-20-10-4-5-13-26-20)22-21(12-14-31(22)29-23)17-7-2-1-3-8-17/h1-15,30H,16H2,(H2,25,32,33)(H,27,28,29). The molecule has 10 heteroatoms. The zero-order chi connectivity index (χ0) is 23.5. The van der Waals surface area contributed by atoms with Crippen LogP contribution in [0, 0.1) is 0 Å². The Balaban J connectivity index is 1.61. The van der Waals surface area contributed by atoms with Crippen molar-refractivity contribution in [3.63, 3.8) is 0 Å². The second-order valence-corrected chi connectivity index (χ2v) is 8.87. The molecule has 4 N–H and O–H groups in total. The highest BCUT2D eigenvalue weighted by Crippen LogP contribution is 2.31. The molecule has 0 amide bonds. The number of aromatic nitrogens is 4. The van der Waals surface area contributed by atoms with Gasteiger partial charge in [0.15, 0.2) is 11.6 Å². The molecule has 0 atom stereocenters. The highest BCUT2D eigenvalue weighted by molar-refractivity contribution is 7.90. The van der Waals surface area contributed by atoms with E-state index < -0.39 is 10.2 Å². The van der Waals surface area contributed by atoms with Gasteiger partial charge in [-0.05, 0) is 35.9 Å². The first-order valence-corrected chi connectivity index (χ1v) is 12.0. The number of hydrogen-bond acceptors (Lipinski definition) is 6. The molecular weight excluding hydrogens is 450 g/mol. The van der Waals surface area contributed by atoms with Gasteiger partial charge in [-0.2, -0.15) is 8.42 Å². The average Bonchev–Trinajstić information content (AvgIpc) is 3.27. The third-order valence-corrected chi connectivity index (χ3v) is 5.66. The minimum atomic E-state index is -3.90. The second kappa shape index (κ2) is 8.93. The van der Waals surface area contributed by atoms with Crippen LogP contribution in [-0.4, -0.2) is 28.0 Å². The topological polar surface area (TPSA) is 127 Å². The first kappa shape index (κ1) is 21.6. The van der Waals surface area contributed by atoms with Crippen LogP contribution in [0.1, 0.15) is 5.69 Å². The van der Waals surface area contributed by atoms with Crippen LogP contribution >= 0.6 is 0 Å². The molecule has 3 aromatic heterocycles. The van der Waals surface area contributed by atoms with Gasteiger partial charge in [-0.3, -0.25) is 9.71 Å². The van der Waals surface area contributed by atoms with Crippen molar-refractivity contribution in [1.29, 1.82) is 0 Å². The number of pyridine rings is 1. The quantitative estimate of drug-likeness (QED) is 0.332. The number of hydrogen-bond donors (Lipinski definition) is 3. The van der Waals surface area contributed by atoms with E-state index >= 15 is 0 Å². The van der Waals surface area contributed by atoms with Gasteiger partial charge in [-0.15, -0.1) is 5.10 Å². The number of anilines is 2. The molecule has 9 nitrogen and oxygen atoms in total. The second-order valence-electron chi connectivity index (χ2n) is 7.58. The Bertz CT molecular complexity index is 1550. The molecule has 0 fully saturated rings.